The fourth-order valence-electron chi connectivity index (χ4n) is 1.79. The van der Waals surface area contributed by atoms with Gasteiger partial charge in [-0.05, 0) is 39.0 Å². The summed E-state index contributed by atoms with van der Waals surface area (Å²) in [7, 11) is 0. The van der Waals surface area contributed by atoms with Gasteiger partial charge in [-0.2, -0.15) is 5.10 Å². The summed E-state index contributed by atoms with van der Waals surface area (Å²) in [5.74, 6) is 0. The lowest BCUT2D eigenvalue weighted by Crippen LogP contribution is -2.27. The molecule has 2 rings (SSSR count). The molecular formula is C15H19N3O2. The number of nitrogens with one attached hydrogen (secondary N) is 1. The first-order chi connectivity index (χ1) is 9.37. The van der Waals surface area contributed by atoms with Crippen molar-refractivity contribution >= 4 is 22.7 Å². The second-order valence-corrected chi connectivity index (χ2v) is 5.54. The van der Waals surface area contributed by atoms with Gasteiger partial charge in [-0.3, -0.25) is 10.00 Å². The standard InChI is InChI=1S/C15H19N3O2/c1-5-8-18-10-11-6-7-12(9-13(11)17-18)16-14(19)20-15(2,3)4/h5-7,9-10H,1,8H2,2-4H3,(H,16,19). The molecule has 0 fully saturated rings. The van der Waals surface area contributed by atoms with Gasteiger partial charge in [-0.25, -0.2) is 4.79 Å². The Balaban J connectivity index is 2.15. The Labute approximate surface area is 118 Å². The van der Waals surface area contributed by atoms with E-state index in [1.165, 1.54) is 0 Å². The predicted molar refractivity (Wildman–Crippen MR) is 79.8 cm³/mol. The average Bonchev–Trinajstić information content (AvgIpc) is 2.68. The maximum Gasteiger partial charge on any atom is 0.412 e. The number of fused-ring (bicyclic) bond motifs is 1. The molecule has 20 heavy (non-hydrogen) atoms. The van der Waals surface area contributed by atoms with Crippen LogP contribution in [0.4, 0.5) is 10.5 Å². The third-order valence-electron chi connectivity index (χ3n) is 2.52. The minimum absolute atomic E-state index is 0.470. The lowest BCUT2D eigenvalue weighted by Gasteiger charge is -2.19. The second-order valence-electron chi connectivity index (χ2n) is 5.54. The van der Waals surface area contributed by atoms with E-state index >= 15 is 0 Å². The van der Waals surface area contributed by atoms with Crippen LogP contribution in [0.2, 0.25) is 0 Å². The topological polar surface area (TPSA) is 56.2 Å². The van der Waals surface area contributed by atoms with Crippen LogP contribution in [0, 0.1) is 0 Å². The molecule has 0 bridgehead atoms. The molecule has 0 saturated carbocycles. The third-order valence-corrected chi connectivity index (χ3v) is 2.52. The number of ether oxygens (including phenoxy) is 1. The lowest BCUT2D eigenvalue weighted by molar-refractivity contribution is 0.0636. The van der Waals surface area contributed by atoms with Gasteiger partial charge in [0.15, 0.2) is 0 Å². The number of amides is 1. The van der Waals surface area contributed by atoms with Crippen LogP contribution in [-0.4, -0.2) is 21.5 Å². The van der Waals surface area contributed by atoms with Crippen molar-refractivity contribution in [3.05, 3.63) is 37.1 Å². The van der Waals surface area contributed by atoms with E-state index < -0.39 is 11.7 Å². The summed E-state index contributed by atoms with van der Waals surface area (Å²) in [6, 6.07) is 5.56. The molecule has 1 N–H and O–H groups in total. The molecule has 0 saturated heterocycles. The molecule has 1 heterocycles. The molecule has 1 amide bonds. The summed E-state index contributed by atoms with van der Waals surface area (Å²) < 4.78 is 7.01. The van der Waals surface area contributed by atoms with E-state index in [-0.39, 0.29) is 0 Å². The predicted octanol–water partition coefficient (Wildman–Crippen LogP) is 3.57. The van der Waals surface area contributed by atoms with Crippen LogP contribution in [0.15, 0.2) is 37.1 Å². The number of anilines is 1. The van der Waals surface area contributed by atoms with Crippen LogP contribution in [0.3, 0.4) is 0 Å². The molecule has 0 radical (unpaired) electrons. The molecule has 0 unspecified atom stereocenters. The van der Waals surface area contributed by atoms with E-state index in [0.29, 0.717) is 12.2 Å². The Morgan fingerprint density at radius 3 is 2.90 bits per heavy atom. The first-order valence-corrected chi connectivity index (χ1v) is 6.45. The highest BCUT2D eigenvalue weighted by atomic mass is 16.6. The molecule has 0 aliphatic rings. The smallest absolute Gasteiger partial charge is 0.412 e. The highest BCUT2D eigenvalue weighted by Crippen LogP contribution is 2.19. The number of benzene rings is 1. The SMILES string of the molecule is C=CCn1cc2ccc(NC(=O)OC(C)(C)C)cc2n1. The number of hydrogen-bond donors (Lipinski definition) is 1. The molecule has 0 atom stereocenters. The molecule has 0 aliphatic heterocycles. The first-order valence-electron chi connectivity index (χ1n) is 6.45. The van der Waals surface area contributed by atoms with Gasteiger partial charge < -0.3 is 4.74 Å². The Kier molecular flexibility index (Phi) is 3.79. The van der Waals surface area contributed by atoms with Crippen molar-refractivity contribution in [2.75, 3.05) is 5.32 Å². The Morgan fingerprint density at radius 2 is 2.25 bits per heavy atom. The Morgan fingerprint density at radius 1 is 1.50 bits per heavy atom. The number of rotatable bonds is 3. The molecule has 1 aromatic carbocycles. The summed E-state index contributed by atoms with van der Waals surface area (Å²) in [4.78, 5) is 11.7. The van der Waals surface area contributed by atoms with Crippen LogP contribution in [-0.2, 0) is 11.3 Å². The van der Waals surface area contributed by atoms with Gasteiger partial charge in [0, 0.05) is 17.3 Å². The summed E-state index contributed by atoms with van der Waals surface area (Å²) in [5.41, 5.74) is 0.968. The number of carbonyl (C=O) groups excluding carboxylic acids is 1. The van der Waals surface area contributed by atoms with Crippen molar-refractivity contribution < 1.29 is 9.53 Å². The van der Waals surface area contributed by atoms with Crippen molar-refractivity contribution in [1.82, 2.24) is 9.78 Å². The largest absolute Gasteiger partial charge is 0.444 e. The molecule has 0 spiro atoms. The van der Waals surface area contributed by atoms with Crippen molar-refractivity contribution in [3.63, 3.8) is 0 Å². The normalized spacial score (nSPS) is 11.3. The third kappa shape index (κ3) is 3.60. The van der Waals surface area contributed by atoms with E-state index in [4.69, 9.17) is 4.74 Å². The fraction of sp³-hybridized carbons (Fsp3) is 0.333. The van der Waals surface area contributed by atoms with Crippen molar-refractivity contribution in [2.24, 2.45) is 0 Å². The molecule has 106 valence electrons. The van der Waals surface area contributed by atoms with Crippen LogP contribution in [0.25, 0.3) is 10.9 Å². The molecular weight excluding hydrogens is 254 g/mol. The average molecular weight is 273 g/mol. The van der Waals surface area contributed by atoms with Gasteiger partial charge in [-0.15, -0.1) is 6.58 Å². The van der Waals surface area contributed by atoms with Crippen LogP contribution < -0.4 is 5.32 Å². The summed E-state index contributed by atoms with van der Waals surface area (Å²) in [6.07, 6.45) is 3.25. The van der Waals surface area contributed by atoms with Crippen molar-refractivity contribution in [2.45, 2.75) is 32.9 Å². The molecule has 2 aromatic rings. The summed E-state index contributed by atoms with van der Waals surface area (Å²) in [5, 5.41) is 8.11. The van der Waals surface area contributed by atoms with E-state index in [0.717, 1.165) is 10.9 Å². The Bertz CT molecular complexity index is 638. The van der Waals surface area contributed by atoms with Gasteiger partial charge in [0.05, 0.1) is 12.1 Å². The lowest BCUT2D eigenvalue weighted by atomic mass is 10.2. The second kappa shape index (κ2) is 5.36. The zero-order chi connectivity index (χ0) is 14.8. The highest BCUT2D eigenvalue weighted by Gasteiger charge is 2.16. The van der Waals surface area contributed by atoms with Gasteiger partial charge >= 0.3 is 6.09 Å². The van der Waals surface area contributed by atoms with E-state index in [1.54, 1.807) is 10.8 Å². The number of hydrogen-bond acceptors (Lipinski definition) is 3. The summed E-state index contributed by atoms with van der Waals surface area (Å²) >= 11 is 0. The van der Waals surface area contributed by atoms with E-state index in [9.17, 15) is 4.79 Å². The first kappa shape index (κ1) is 14.1. The minimum Gasteiger partial charge on any atom is -0.444 e. The quantitative estimate of drug-likeness (QED) is 0.870. The minimum atomic E-state index is -0.514. The van der Waals surface area contributed by atoms with Gasteiger partial charge in [0.25, 0.3) is 0 Å². The van der Waals surface area contributed by atoms with Gasteiger partial charge in [-0.1, -0.05) is 6.08 Å². The monoisotopic (exact) mass is 273 g/mol. The number of carbonyl (C=O) groups is 1. The fourth-order valence-corrected chi connectivity index (χ4v) is 1.79. The number of aromatic nitrogens is 2. The van der Waals surface area contributed by atoms with Crippen LogP contribution >= 0.6 is 0 Å². The molecule has 0 aliphatic carbocycles. The van der Waals surface area contributed by atoms with E-state index in [1.807, 2.05) is 45.2 Å². The van der Waals surface area contributed by atoms with Gasteiger partial charge in [0.2, 0.25) is 0 Å². The molecule has 5 nitrogen and oxygen atoms in total. The maximum atomic E-state index is 11.7. The van der Waals surface area contributed by atoms with Crippen LogP contribution in [0.5, 0.6) is 0 Å². The van der Waals surface area contributed by atoms with Crippen LogP contribution in [0.1, 0.15) is 20.8 Å². The zero-order valence-corrected chi connectivity index (χ0v) is 12.0. The molecule has 1 aromatic heterocycles. The Hall–Kier alpha value is -2.30. The number of nitrogens with zero attached hydrogens (tertiary/aromatic N) is 2. The van der Waals surface area contributed by atoms with Gasteiger partial charge in [0.1, 0.15) is 5.60 Å². The zero-order valence-electron chi connectivity index (χ0n) is 12.0. The molecule has 5 heteroatoms. The maximum absolute atomic E-state index is 11.7. The summed E-state index contributed by atoms with van der Waals surface area (Å²) in [6.45, 7) is 9.82. The van der Waals surface area contributed by atoms with Crippen molar-refractivity contribution in [3.8, 4) is 0 Å². The highest BCUT2D eigenvalue weighted by molar-refractivity contribution is 5.89. The van der Waals surface area contributed by atoms with Crippen molar-refractivity contribution in [1.29, 1.82) is 0 Å². The van der Waals surface area contributed by atoms with E-state index in [2.05, 4.69) is 17.0 Å². The number of allylic oxidation sites excluding steroid dienone is 1.